The zero-order valence-electron chi connectivity index (χ0n) is 19.7. The van der Waals surface area contributed by atoms with Gasteiger partial charge in [0.1, 0.15) is 12.1 Å². The Bertz CT molecular complexity index is 1070. The van der Waals surface area contributed by atoms with Crippen LogP contribution in [-0.2, 0) is 22.4 Å². The van der Waals surface area contributed by atoms with E-state index in [2.05, 4.69) is 23.1 Å². The topological polar surface area (TPSA) is 62.7 Å². The molecule has 1 aromatic heterocycles. The number of hydrogen-bond acceptors (Lipinski definition) is 5. The Kier molecular flexibility index (Phi) is 6.89. The summed E-state index contributed by atoms with van der Waals surface area (Å²) >= 11 is 6.34. The normalized spacial score (nSPS) is 23.5. The summed E-state index contributed by atoms with van der Waals surface area (Å²) in [7, 11) is 0. The van der Waals surface area contributed by atoms with Crippen molar-refractivity contribution in [2.24, 2.45) is 0 Å². The second-order valence-corrected chi connectivity index (χ2v) is 10.2. The lowest BCUT2D eigenvalue weighted by molar-refractivity contribution is -0.124. The van der Waals surface area contributed by atoms with Crippen molar-refractivity contribution in [2.75, 3.05) is 19.6 Å². The van der Waals surface area contributed by atoms with Gasteiger partial charge in [-0.3, -0.25) is 19.6 Å². The minimum Gasteiger partial charge on any atom is -0.446 e. The number of carbonyl (C=O) groups is 2. The maximum atomic E-state index is 13.1. The van der Waals surface area contributed by atoms with Crippen molar-refractivity contribution in [3.63, 3.8) is 0 Å². The first-order chi connectivity index (χ1) is 16.5. The summed E-state index contributed by atoms with van der Waals surface area (Å²) < 4.78 is 5.83. The number of carbonyl (C=O) groups excluding carboxylic acids is 2. The third-order valence-electron chi connectivity index (χ3n) is 7.55. The van der Waals surface area contributed by atoms with Gasteiger partial charge in [-0.05, 0) is 80.3 Å². The number of amides is 1. The molecule has 2 heterocycles. The van der Waals surface area contributed by atoms with Crippen molar-refractivity contribution in [3.8, 4) is 0 Å². The van der Waals surface area contributed by atoms with Gasteiger partial charge in [0.15, 0.2) is 5.78 Å². The van der Waals surface area contributed by atoms with Gasteiger partial charge in [0.25, 0.3) is 0 Å². The highest BCUT2D eigenvalue weighted by molar-refractivity contribution is 6.30. The highest BCUT2D eigenvalue weighted by Gasteiger charge is 2.40. The fraction of sp³-hybridized carbons (Fsp3) is 0.519. The van der Waals surface area contributed by atoms with Crippen LogP contribution < -0.4 is 0 Å². The number of rotatable bonds is 3. The largest absolute Gasteiger partial charge is 0.446 e. The van der Waals surface area contributed by atoms with E-state index in [4.69, 9.17) is 21.3 Å². The van der Waals surface area contributed by atoms with E-state index < -0.39 is 6.04 Å². The van der Waals surface area contributed by atoms with Crippen LogP contribution in [0.3, 0.4) is 0 Å². The number of halogens is 1. The van der Waals surface area contributed by atoms with Gasteiger partial charge < -0.3 is 4.74 Å². The molecule has 2 fully saturated rings. The van der Waals surface area contributed by atoms with E-state index in [1.165, 1.54) is 23.1 Å². The van der Waals surface area contributed by atoms with Crippen LogP contribution in [0, 0.1) is 0 Å². The van der Waals surface area contributed by atoms with Gasteiger partial charge >= 0.3 is 6.09 Å². The molecule has 7 heteroatoms. The molecule has 1 amide bonds. The van der Waals surface area contributed by atoms with Crippen LogP contribution >= 0.6 is 11.6 Å². The van der Waals surface area contributed by atoms with Gasteiger partial charge in [-0.1, -0.05) is 30.2 Å². The average molecular weight is 482 g/mol. The maximum Gasteiger partial charge on any atom is 0.410 e. The first-order valence-electron chi connectivity index (χ1n) is 12.4. The van der Waals surface area contributed by atoms with Crippen molar-refractivity contribution in [3.05, 3.63) is 63.9 Å². The van der Waals surface area contributed by atoms with Crippen LogP contribution in [0.2, 0.25) is 5.02 Å². The molecule has 34 heavy (non-hydrogen) atoms. The summed E-state index contributed by atoms with van der Waals surface area (Å²) in [6.45, 7) is 3.13. The van der Waals surface area contributed by atoms with Gasteiger partial charge in [-0.25, -0.2) is 4.79 Å². The number of fused-ring (bicyclic) bond motifs is 2. The van der Waals surface area contributed by atoms with E-state index in [0.717, 1.165) is 49.2 Å². The van der Waals surface area contributed by atoms with E-state index in [9.17, 15) is 9.59 Å². The number of aromatic nitrogens is 1. The Morgan fingerprint density at radius 3 is 2.65 bits per heavy atom. The summed E-state index contributed by atoms with van der Waals surface area (Å²) in [6, 6.07) is 9.59. The number of Topliss-reactive ketones (excluding diaryl/α,β-unsaturated/α-hetero) is 1. The number of hydrogen-bond donors (Lipinski definition) is 0. The standard InChI is InChI=1S/C27H32ClN3O3/c1-18(32)24-17-30(14-15-31(24)27(33)34-22-7-3-2-4-8-22)26-23-12-11-21(28)16-20(23)10-9-19-6-5-13-29-25(19)26/h5-6,11-13,16,22,24,26H,2-4,7-10,14-15,17H2,1H3/t24-,26?/m1/s1. The number of ketones is 1. The number of piperazine rings is 1. The Balaban J connectivity index is 1.42. The molecular weight excluding hydrogens is 450 g/mol. The van der Waals surface area contributed by atoms with Gasteiger partial charge in [-0.15, -0.1) is 0 Å². The monoisotopic (exact) mass is 481 g/mol. The molecule has 2 aromatic rings. The molecule has 1 aromatic carbocycles. The first-order valence-corrected chi connectivity index (χ1v) is 12.8. The molecule has 0 spiro atoms. The van der Waals surface area contributed by atoms with Crippen LogP contribution in [-0.4, -0.2) is 58.4 Å². The summed E-state index contributed by atoms with van der Waals surface area (Å²) in [5.74, 6) is -0.0171. The smallest absolute Gasteiger partial charge is 0.410 e. The quantitative estimate of drug-likeness (QED) is 0.619. The summed E-state index contributed by atoms with van der Waals surface area (Å²) in [6.07, 6.45) is 8.49. The van der Waals surface area contributed by atoms with Crippen molar-refractivity contribution in [1.82, 2.24) is 14.8 Å². The second-order valence-electron chi connectivity index (χ2n) is 9.75. The maximum absolute atomic E-state index is 13.1. The van der Waals surface area contributed by atoms with Crippen LogP contribution in [0.5, 0.6) is 0 Å². The Morgan fingerprint density at radius 2 is 1.85 bits per heavy atom. The molecule has 1 aliphatic heterocycles. The summed E-state index contributed by atoms with van der Waals surface area (Å²) in [4.78, 5) is 34.5. The molecular formula is C27H32ClN3O3. The Hall–Kier alpha value is -2.44. The molecule has 180 valence electrons. The molecule has 1 saturated carbocycles. The van der Waals surface area contributed by atoms with E-state index >= 15 is 0 Å². The third kappa shape index (κ3) is 4.71. The first kappa shape index (κ1) is 23.3. The van der Waals surface area contributed by atoms with Gasteiger partial charge in [-0.2, -0.15) is 0 Å². The molecule has 6 nitrogen and oxygen atoms in total. The molecule has 3 aliphatic rings. The summed E-state index contributed by atoms with van der Waals surface area (Å²) in [5, 5.41) is 0.730. The molecule has 1 saturated heterocycles. The molecule has 5 rings (SSSR count). The minimum atomic E-state index is -0.531. The van der Waals surface area contributed by atoms with Gasteiger partial charge in [0.05, 0.1) is 11.7 Å². The lowest BCUT2D eigenvalue weighted by Gasteiger charge is -2.43. The van der Waals surface area contributed by atoms with Crippen molar-refractivity contribution >= 4 is 23.5 Å². The van der Waals surface area contributed by atoms with Crippen LogP contribution in [0.4, 0.5) is 4.79 Å². The van der Waals surface area contributed by atoms with Crippen LogP contribution in [0.15, 0.2) is 36.5 Å². The fourth-order valence-electron chi connectivity index (χ4n) is 5.75. The van der Waals surface area contributed by atoms with Crippen molar-refractivity contribution in [1.29, 1.82) is 0 Å². The Morgan fingerprint density at radius 1 is 1.06 bits per heavy atom. The number of nitrogens with zero attached hydrogens (tertiary/aromatic N) is 3. The number of benzene rings is 1. The van der Waals surface area contributed by atoms with Crippen molar-refractivity contribution < 1.29 is 14.3 Å². The van der Waals surface area contributed by atoms with Crippen molar-refractivity contribution in [2.45, 2.75) is 70.1 Å². The predicted octanol–water partition coefficient (Wildman–Crippen LogP) is 4.97. The van der Waals surface area contributed by atoms with E-state index in [1.807, 2.05) is 18.3 Å². The van der Waals surface area contributed by atoms with Crippen LogP contribution in [0.25, 0.3) is 0 Å². The Labute approximate surface area is 206 Å². The van der Waals surface area contributed by atoms with Crippen LogP contribution in [0.1, 0.15) is 67.5 Å². The lowest BCUT2D eigenvalue weighted by Crippen LogP contribution is -2.59. The zero-order valence-corrected chi connectivity index (χ0v) is 20.5. The second kappa shape index (κ2) is 10.0. The molecule has 0 N–H and O–H groups in total. The zero-order chi connectivity index (χ0) is 23.7. The molecule has 2 aliphatic carbocycles. The van der Waals surface area contributed by atoms with Gasteiger partial charge in [0.2, 0.25) is 0 Å². The minimum absolute atomic E-state index is 0.0171. The number of pyridine rings is 1. The van der Waals surface area contributed by atoms with Gasteiger partial charge in [0, 0.05) is 30.9 Å². The third-order valence-corrected chi connectivity index (χ3v) is 7.78. The van der Waals surface area contributed by atoms with E-state index in [1.54, 1.807) is 11.8 Å². The SMILES string of the molecule is CC(=O)[C@H]1CN(C2c3ccc(Cl)cc3CCc3cccnc32)CCN1C(=O)OC1CCCCC1. The molecule has 2 atom stereocenters. The summed E-state index contributed by atoms with van der Waals surface area (Å²) in [5.41, 5.74) is 4.65. The molecule has 0 radical (unpaired) electrons. The average Bonchev–Trinajstić information content (AvgIpc) is 3.01. The number of aryl methyl sites for hydroxylation is 2. The fourth-order valence-corrected chi connectivity index (χ4v) is 5.95. The highest BCUT2D eigenvalue weighted by Crippen LogP contribution is 2.38. The highest BCUT2D eigenvalue weighted by atomic mass is 35.5. The van der Waals surface area contributed by atoms with E-state index in [0.29, 0.717) is 19.6 Å². The molecule has 0 bridgehead atoms. The van der Waals surface area contributed by atoms with E-state index in [-0.39, 0.29) is 24.0 Å². The molecule has 1 unspecified atom stereocenters. The predicted molar refractivity (Wildman–Crippen MR) is 131 cm³/mol. The number of ether oxygens (including phenoxy) is 1. The lowest BCUT2D eigenvalue weighted by atomic mass is 9.95.